The van der Waals surface area contributed by atoms with Crippen molar-refractivity contribution in [1.82, 2.24) is 4.90 Å². The van der Waals surface area contributed by atoms with Crippen LogP contribution in [0.5, 0.6) is 11.5 Å². The summed E-state index contributed by atoms with van der Waals surface area (Å²) in [6.07, 6.45) is 2.09. The van der Waals surface area contributed by atoms with Crippen LogP contribution in [-0.2, 0) is 17.6 Å². The van der Waals surface area contributed by atoms with Gasteiger partial charge in [-0.1, -0.05) is 30.3 Å². The number of aryl methyl sites for hydroxylation is 2. The number of benzene rings is 2. The largest absolute Gasteiger partial charge is 0.497 e. The molecular weight excluding hydrogens is 382 g/mol. The van der Waals surface area contributed by atoms with Crippen LogP contribution in [0.1, 0.15) is 30.9 Å². The van der Waals surface area contributed by atoms with E-state index in [0.717, 1.165) is 29.9 Å². The van der Waals surface area contributed by atoms with Crippen LogP contribution in [-0.4, -0.2) is 55.1 Å². The molecule has 0 aromatic heterocycles. The Labute approximate surface area is 178 Å². The Kier molecular flexibility index (Phi) is 7.97. The molecule has 162 valence electrons. The van der Waals surface area contributed by atoms with Crippen LogP contribution >= 0.6 is 0 Å². The van der Waals surface area contributed by atoms with Crippen molar-refractivity contribution in [3.05, 3.63) is 59.7 Å². The Hall–Kier alpha value is -2.73. The highest BCUT2D eigenvalue weighted by molar-refractivity contribution is 5.68. The highest BCUT2D eigenvalue weighted by atomic mass is 16.6. The average Bonchev–Trinajstić information content (AvgIpc) is 3.14. The molecule has 0 radical (unpaired) electrons. The fraction of sp³-hybridized carbons (Fsp3) is 0.458. The molecule has 1 fully saturated rings. The molecule has 0 spiro atoms. The van der Waals surface area contributed by atoms with Gasteiger partial charge in [0.25, 0.3) is 0 Å². The molecule has 3 rings (SSSR count). The molecule has 1 heterocycles. The predicted octanol–water partition coefficient (Wildman–Crippen LogP) is 3.84. The molecule has 30 heavy (non-hydrogen) atoms. The number of nitrogens with zero attached hydrogens (tertiary/aromatic N) is 1. The van der Waals surface area contributed by atoms with E-state index in [-0.39, 0.29) is 12.1 Å². The first-order valence-corrected chi connectivity index (χ1v) is 10.6. The molecule has 6 heteroatoms. The maximum atomic E-state index is 12.1. The summed E-state index contributed by atoms with van der Waals surface area (Å²) in [7, 11) is 1.68. The number of hydrogen-bond acceptors (Lipinski definition) is 5. The van der Waals surface area contributed by atoms with Gasteiger partial charge in [0.05, 0.1) is 33.0 Å². The first-order chi connectivity index (χ1) is 14.6. The molecule has 1 aliphatic heterocycles. The third-order valence-corrected chi connectivity index (χ3v) is 5.39. The van der Waals surface area contributed by atoms with Crippen LogP contribution < -0.4 is 9.47 Å². The van der Waals surface area contributed by atoms with Gasteiger partial charge in [-0.25, -0.2) is 4.79 Å². The molecule has 0 aliphatic carbocycles. The van der Waals surface area contributed by atoms with E-state index in [0.29, 0.717) is 32.6 Å². The molecule has 6 nitrogen and oxygen atoms in total. The Balaban J connectivity index is 1.55. The highest BCUT2D eigenvalue weighted by Gasteiger charge is 2.34. The van der Waals surface area contributed by atoms with Gasteiger partial charge in [0.15, 0.2) is 0 Å². The predicted molar refractivity (Wildman–Crippen MR) is 115 cm³/mol. The fourth-order valence-corrected chi connectivity index (χ4v) is 3.86. The summed E-state index contributed by atoms with van der Waals surface area (Å²) in [5, 5.41) is 9.96. The van der Waals surface area contributed by atoms with Crippen LogP contribution in [0.3, 0.4) is 0 Å². The first kappa shape index (κ1) is 22.0. The summed E-state index contributed by atoms with van der Waals surface area (Å²) < 4.78 is 16.5. The first-order valence-electron chi connectivity index (χ1n) is 10.6. The quantitative estimate of drug-likeness (QED) is 0.677. The van der Waals surface area contributed by atoms with Gasteiger partial charge < -0.3 is 24.2 Å². The molecule has 2 aromatic rings. The van der Waals surface area contributed by atoms with E-state index in [1.54, 1.807) is 18.9 Å². The summed E-state index contributed by atoms with van der Waals surface area (Å²) >= 11 is 0. The molecule has 1 amide bonds. The summed E-state index contributed by atoms with van der Waals surface area (Å²) in [4.78, 5) is 13.7. The SMILES string of the molecule is CCOC(=O)N1C[C@H](O)C[C@H]1CCOc1ccccc1CCc1cccc(OC)c1. The summed E-state index contributed by atoms with van der Waals surface area (Å²) in [6, 6.07) is 16.1. The molecule has 0 saturated carbocycles. The average molecular weight is 414 g/mol. The number of methoxy groups -OCH3 is 1. The van der Waals surface area contributed by atoms with Crippen molar-refractivity contribution in [1.29, 1.82) is 0 Å². The standard InChI is InChI=1S/C24H31NO5/c1-3-29-24(27)25-17-21(26)16-20(25)13-14-30-23-10-5-4-8-19(23)12-11-18-7-6-9-22(15-18)28-2/h4-10,15,20-21,26H,3,11-14,16-17H2,1-2H3/t20-,21-/m1/s1. The van der Waals surface area contributed by atoms with E-state index in [2.05, 4.69) is 18.2 Å². The molecule has 2 aromatic carbocycles. The number of carbonyl (C=O) groups is 1. The highest BCUT2D eigenvalue weighted by Crippen LogP contribution is 2.24. The number of ether oxygens (including phenoxy) is 3. The number of rotatable bonds is 9. The van der Waals surface area contributed by atoms with Gasteiger partial charge in [0.1, 0.15) is 11.5 Å². The number of aliphatic hydroxyl groups is 1. The number of aliphatic hydroxyl groups excluding tert-OH is 1. The van der Waals surface area contributed by atoms with E-state index in [4.69, 9.17) is 14.2 Å². The minimum Gasteiger partial charge on any atom is -0.497 e. The molecule has 0 bridgehead atoms. The fourth-order valence-electron chi connectivity index (χ4n) is 3.86. The minimum absolute atomic E-state index is 0.0667. The molecule has 1 saturated heterocycles. The minimum atomic E-state index is -0.505. The van der Waals surface area contributed by atoms with Crippen molar-refractivity contribution in [3.8, 4) is 11.5 Å². The monoisotopic (exact) mass is 413 g/mol. The number of para-hydroxylation sites is 1. The summed E-state index contributed by atoms with van der Waals surface area (Å²) in [5.74, 6) is 1.73. The molecule has 1 aliphatic rings. The number of carbonyl (C=O) groups excluding carboxylic acids is 1. The summed E-state index contributed by atoms with van der Waals surface area (Å²) in [6.45, 7) is 2.91. The van der Waals surface area contributed by atoms with Gasteiger partial charge in [-0.3, -0.25) is 0 Å². The lowest BCUT2D eigenvalue weighted by atomic mass is 10.0. The lowest BCUT2D eigenvalue weighted by Crippen LogP contribution is -2.37. The van der Waals surface area contributed by atoms with Gasteiger partial charge in [-0.15, -0.1) is 0 Å². The van der Waals surface area contributed by atoms with E-state index in [1.165, 1.54) is 5.56 Å². The van der Waals surface area contributed by atoms with Gasteiger partial charge in [-0.2, -0.15) is 0 Å². The number of hydrogen-bond donors (Lipinski definition) is 1. The molecule has 1 N–H and O–H groups in total. The Morgan fingerprint density at radius 2 is 2.00 bits per heavy atom. The normalized spacial score (nSPS) is 18.3. The third kappa shape index (κ3) is 5.89. The van der Waals surface area contributed by atoms with Crippen molar-refractivity contribution in [2.75, 3.05) is 26.9 Å². The van der Waals surface area contributed by atoms with Gasteiger partial charge in [0.2, 0.25) is 0 Å². The zero-order valence-corrected chi connectivity index (χ0v) is 17.8. The molecule has 2 atom stereocenters. The Morgan fingerprint density at radius 3 is 2.80 bits per heavy atom. The van der Waals surface area contributed by atoms with Crippen LogP contribution in [0.25, 0.3) is 0 Å². The van der Waals surface area contributed by atoms with Crippen LogP contribution in [0.2, 0.25) is 0 Å². The smallest absolute Gasteiger partial charge is 0.410 e. The van der Waals surface area contributed by atoms with Crippen molar-refractivity contribution >= 4 is 6.09 Å². The molecular formula is C24H31NO5. The Bertz CT molecular complexity index is 825. The van der Waals surface area contributed by atoms with E-state index in [1.807, 2.05) is 30.3 Å². The number of likely N-dealkylation sites (tertiary alicyclic amines) is 1. The summed E-state index contributed by atoms with van der Waals surface area (Å²) in [5.41, 5.74) is 2.36. The van der Waals surface area contributed by atoms with Crippen LogP contribution in [0.15, 0.2) is 48.5 Å². The Morgan fingerprint density at radius 1 is 1.17 bits per heavy atom. The van der Waals surface area contributed by atoms with Crippen molar-refractivity contribution in [3.63, 3.8) is 0 Å². The second-order valence-corrected chi connectivity index (χ2v) is 7.49. The lowest BCUT2D eigenvalue weighted by molar-refractivity contribution is 0.0941. The zero-order valence-electron chi connectivity index (χ0n) is 17.8. The van der Waals surface area contributed by atoms with Gasteiger partial charge in [0, 0.05) is 12.5 Å². The van der Waals surface area contributed by atoms with E-state index in [9.17, 15) is 9.90 Å². The van der Waals surface area contributed by atoms with E-state index >= 15 is 0 Å². The van der Waals surface area contributed by atoms with Crippen LogP contribution in [0.4, 0.5) is 4.79 Å². The number of β-amino-alcohol motifs (C(OH)–C–C–N with tert-alkyl or cyclic N) is 1. The second kappa shape index (κ2) is 10.9. The van der Waals surface area contributed by atoms with Crippen molar-refractivity contribution in [2.45, 2.75) is 44.8 Å². The maximum absolute atomic E-state index is 12.1. The zero-order chi connectivity index (χ0) is 21.3. The lowest BCUT2D eigenvalue weighted by Gasteiger charge is -2.23. The van der Waals surface area contributed by atoms with Gasteiger partial charge >= 0.3 is 6.09 Å². The van der Waals surface area contributed by atoms with Gasteiger partial charge in [-0.05, 0) is 55.5 Å². The third-order valence-electron chi connectivity index (χ3n) is 5.39. The maximum Gasteiger partial charge on any atom is 0.410 e. The topological polar surface area (TPSA) is 68.2 Å². The van der Waals surface area contributed by atoms with Crippen LogP contribution in [0, 0.1) is 0 Å². The van der Waals surface area contributed by atoms with Crippen molar-refractivity contribution in [2.24, 2.45) is 0 Å². The molecule has 0 unspecified atom stereocenters. The van der Waals surface area contributed by atoms with Crippen molar-refractivity contribution < 1.29 is 24.1 Å². The van der Waals surface area contributed by atoms with E-state index < -0.39 is 6.10 Å². The number of amides is 1. The second-order valence-electron chi connectivity index (χ2n) is 7.49.